The van der Waals surface area contributed by atoms with E-state index in [0.29, 0.717) is 6.07 Å². The highest BCUT2D eigenvalue weighted by molar-refractivity contribution is 5.96. The molecular weight excluding hydrogens is 294 g/mol. The molecule has 0 radical (unpaired) electrons. The number of rotatable bonds is 2. The summed E-state index contributed by atoms with van der Waals surface area (Å²) in [5.74, 6) is -4.27. The van der Waals surface area contributed by atoms with Gasteiger partial charge in [-0.05, 0) is 39.0 Å². The van der Waals surface area contributed by atoms with E-state index in [0.717, 1.165) is 12.1 Å². The Morgan fingerprint density at radius 3 is 2.14 bits per heavy atom. The molecule has 4 nitrogen and oxygen atoms in total. The Labute approximate surface area is 118 Å². The minimum absolute atomic E-state index is 0.415. The number of hydrogen-bond donors (Lipinski definition) is 1. The molecule has 0 saturated carbocycles. The van der Waals surface area contributed by atoms with Crippen molar-refractivity contribution in [2.75, 3.05) is 5.32 Å². The van der Waals surface area contributed by atoms with Crippen LogP contribution in [0.3, 0.4) is 0 Å². The number of benzene rings is 1. The van der Waals surface area contributed by atoms with Crippen molar-refractivity contribution in [3.63, 3.8) is 0 Å². The van der Waals surface area contributed by atoms with Crippen LogP contribution < -0.4 is 5.32 Å². The standard InChI is InChI=1S/C13H13F4NO3/c1-12(2,3)21-10(19)8-5-4-7(6-9(8)14)18-11(20)13(15,16)17/h4-6H,1-3H3,(H,18,20). The number of nitrogens with one attached hydrogen (secondary N) is 1. The predicted octanol–water partition coefficient (Wildman–Crippen LogP) is 3.28. The topological polar surface area (TPSA) is 55.4 Å². The van der Waals surface area contributed by atoms with Gasteiger partial charge in [-0.1, -0.05) is 0 Å². The third-order valence-corrected chi connectivity index (χ3v) is 2.10. The van der Waals surface area contributed by atoms with Gasteiger partial charge in [0.2, 0.25) is 0 Å². The summed E-state index contributed by atoms with van der Waals surface area (Å²) in [7, 11) is 0. The molecule has 1 aromatic carbocycles. The second-order valence-corrected chi connectivity index (χ2v) is 5.15. The second-order valence-electron chi connectivity index (χ2n) is 5.15. The first-order valence-corrected chi connectivity index (χ1v) is 5.81. The molecule has 0 aromatic heterocycles. The van der Waals surface area contributed by atoms with Crippen molar-refractivity contribution in [3.8, 4) is 0 Å². The van der Waals surface area contributed by atoms with Gasteiger partial charge in [-0.3, -0.25) is 4.79 Å². The normalized spacial score (nSPS) is 12.0. The summed E-state index contributed by atoms with van der Waals surface area (Å²) in [6, 6.07) is 2.53. The average Bonchev–Trinajstić information content (AvgIpc) is 2.24. The van der Waals surface area contributed by atoms with Gasteiger partial charge in [0.25, 0.3) is 0 Å². The van der Waals surface area contributed by atoms with E-state index in [1.54, 1.807) is 20.8 Å². The molecular formula is C13H13F4NO3. The maximum atomic E-state index is 13.7. The SMILES string of the molecule is CC(C)(C)OC(=O)c1ccc(NC(=O)C(F)(F)F)cc1F. The van der Waals surface area contributed by atoms with Crippen molar-refractivity contribution in [2.24, 2.45) is 0 Å². The molecule has 0 saturated heterocycles. The lowest BCUT2D eigenvalue weighted by Crippen LogP contribution is -2.30. The Hall–Kier alpha value is -2.12. The van der Waals surface area contributed by atoms with Crippen molar-refractivity contribution in [1.29, 1.82) is 0 Å². The number of carbonyl (C=O) groups is 2. The van der Waals surface area contributed by atoms with Gasteiger partial charge >= 0.3 is 18.1 Å². The molecule has 0 atom stereocenters. The van der Waals surface area contributed by atoms with E-state index in [9.17, 15) is 27.2 Å². The molecule has 1 rings (SSSR count). The Morgan fingerprint density at radius 2 is 1.71 bits per heavy atom. The van der Waals surface area contributed by atoms with Crippen molar-refractivity contribution in [3.05, 3.63) is 29.6 Å². The highest BCUT2D eigenvalue weighted by atomic mass is 19.4. The fourth-order valence-corrected chi connectivity index (χ4v) is 1.29. The lowest BCUT2D eigenvalue weighted by atomic mass is 10.1. The van der Waals surface area contributed by atoms with E-state index in [4.69, 9.17) is 4.74 Å². The summed E-state index contributed by atoms with van der Waals surface area (Å²) in [5.41, 5.74) is -1.69. The molecule has 1 aromatic rings. The summed E-state index contributed by atoms with van der Waals surface area (Å²) >= 11 is 0. The van der Waals surface area contributed by atoms with Crippen molar-refractivity contribution >= 4 is 17.6 Å². The highest BCUT2D eigenvalue weighted by Gasteiger charge is 2.38. The third-order valence-electron chi connectivity index (χ3n) is 2.10. The van der Waals surface area contributed by atoms with Crippen LogP contribution in [0.5, 0.6) is 0 Å². The van der Waals surface area contributed by atoms with Crippen LogP contribution >= 0.6 is 0 Å². The molecule has 0 aliphatic carbocycles. The van der Waals surface area contributed by atoms with Crippen molar-refractivity contribution in [1.82, 2.24) is 0 Å². The number of alkyl halides is 3. The van der Waals surface area contributed by atoms with Gasteiger partial charge in [0.1, 0.15) is 11.4 Å². The van der Waals surface area contributed by atoms with Gasteiger partial charge in [-0.15, -0.1) is 0 Å². The summed E-state index contributed by atoms with van der Waals surface area (Å²) < 4.78 is 54.8. The van der Waals surface area contributed by atoms with E-state index >= 15 is 0 Å². The lowest BCUT2D eigenvalue weighted by Gasteiger charge is -2.19. The smallest absolute Gasteiger partial charge is 0.456 e. The fraction of sp³-hybridized carbons (Fsp3) is 0.385. The van der Waals surface area contributed by atoms with Crippen LogP contribution in [0.4, 0.5) is 23.2 Å². The zero-order chi connectivity index (χ0) is 16.4. The van der Waals surface area contributed by atoms with E-state index in [1.165, 1.54) is 5.32 Å². The molecule has 0 spiro atoms. The number of carbonyl (C=O) groups excluding carboxylic acids is 2. The van der Waals surface area contributed by atoms with Crippen molar-refractivity contribution < 1.29 is 31.9 Å². The average molecular weight is 307 g/mol. The minimum Gasteiger partial charge on any atom is -0.456 e. The molecule has 0 fully saturated rings. The highest BCUT2D eigenvalue weighted by Crippen LogP contribution is 2.21. The second kappa shape index (κ2) is 5.71. The number of ether oxygens (including phenoxy) is 1. The molecule has 0 heterocycles. The maximum absolute atomic E-state index is 13.7. The zero-order valence-corrected chi connectivity index (χ0v) is 11.5. The van der Waals surface area contributed by atoms with E-state index in [2.05, 4.69) is 0 Å². The fourth-order valence-electron chi connectivity index (χ4n) is 1.29. The molecule has 1 amide bonds. The minimum atomic E-state index is -5.08. The Bertz CT molecular complexity index is 562. The monoisotopic (exact) mass is 307 g/mol. The summed E-state index contributed by atoms with van der Waals surface area (Å²) in [6.07, 6.45) is -5.08. The van der Waals surface area contributed by atoms with Crippen LogP contribution in [0.15, 0.2) is 18.2 Å². The lowest BCUT2D eigenvalue weighted by molar-refractivity contribution is -0.167. The molecule has 8 heteroatoms. The molecule has 1 N–H and O–H groups in total. The largest absolute Gasteiger partial charge is 0.471 e. The first kappa shape index (κ1) is 16.9. The Kier molecular flexibility index (Phi) is 4.60. The first-order chi connectivity index (χ1) is 9.40. The molecule has 0 aliphatic rings. The first-order valence-electron chi connectivity index (χ1n) is 5.81. The number of esters is 1. The molecule has 0 unspecified atom stereocenters. The number of amides is 1. The zero-order valence-electron chi connectivity index (χ0n) is 11.5. The van der Waals surface area contributed by atoms with Gasteiger partial charge in [-0.25, -0.2) is 9.18 Å². The summed E-state index contributed by atoms with van der Waals surface area (Å²) in [5, 5.41) is 1.48. The molecule has 21 heavy (non-hydrogen) atoms. The van der Waals surface area contributed by atoms with E-state index in [1.807, 2.05) is 0 Å². The number of hydrogen-bond acceptors (Lipinski definition) is 3. The van der Waals surface area contributed by atoms with E-state index in [-0.39, 0.29) is 0 Å². The van der Waals surface area contributed by atoms with Gasteiger partial charge in [0.05, 0.1) is 5.56 Å². The van der Waals surface area contributed by atoms with Gasteiger partial charge in [0, 0.05) is 5.69 Å². The maximum Gasteiger partial charge on any atom is 0.471 e. The van der Waals surface area contributed by atoms with Gasteiger partial charge in [-0.2, -0.15) is 13.2 Å². The van der Waals surface area contributed by atoms with E-state index < -0.39 is 40.7 Å². The van der Waals surface area contributed by atoms with Gasteiger partial charge < -0.3 is 10.1 Å². The van der Waals surface area contributed by atoms with Gasteiger partial charge in [0.15, 0.2) is 0 Å². The number of halogens is 4. The molecule has 116 valence electrons. The quantitative estimate of drug-likeness (QED) is 0.674. The van der Waals surface area contributed by atoms with Crippen LogP contribution in [-0.4, -0.2) is 23.7 Å². The summed E-state index contributed by atoms with van der Waals surface area (Å²) in [4.78, 5) is 22.3. The third kappa shape index (κ3) is 5.05. The Morgan fingerprint density at radius 1 is 1.14 bits per heavy atom. The van der Waals surface area contributed by atoms with Crippen LogP contribution in [0.2, 0.25) is 0 Å². The van der Waals surface area contributed by atoms with Crippen LogP contribution in [-0.2, 0) is 9.53 Å². The van der Waals surface area contributed by atoms with Crippen LogP contribution in [0, 0.1) is 5.82 Å². The molecule has 0 aliphatic heterocycles. The van der Waals surface area contributed by atoms with Crippen LogP contribution in [0.25, 0.3) is 0 Å². The molecule has 0 bridgehead atoms. The number of anilines is 1. The predicted molar refractivity (Wildman–Crippen MR) is 66.3 cm³/mol. The van der Waals surface area contributed by atoms with Crippen LogP contribution in [0.1, 0.15) is 31.1 Å². The van der Waals surface area contributed by atoms with Crippen molar-refractivity contribution in [2.45, 2.75) is 32.5 Å². The Balaban J connectivity index is 2.91. The summed E-state index contributed by atoms with van der Waals surface area (Å²) in [6.45, 7) is 4.75.